The molecule has 196 valence electrons. The van der Waals surface area contributed by atoms with Crippen LogP contribution >= 0.6 is 11.6 Å². The van der Waals surface area contributed by atoms with Crippen molar-refractivity contribution in [1.29, 1.82) is 5.26 Å². The van der Waals surface area contributed by atoms with Crippen LogP contribution in [-0.4, -0.2) is 51.2 Å². The fourth-order valence-electron chi connectivity index (χ4n) is 5.30. The second kappa shape index (κ2) is 9.55. The largest absolute Gasteiger partial charge is 0.382 e. The summed E-state index contributed by atoms with van der Waals surface area (Å²) in [6.45, 7) is 2.34. The van der Waals surface area contributed by atoms with Gasteiger partial charge in [-0.2, -0.15) is 5.26 Å². The van der Waals surface area contributed by atoms with E-state index >= 15 is 8.78 Å². The van der Waals surface area contributed by atoms with Crippen LogP contribution < -0.4 is 5.32 Å². The molecule has 8 nitrogen and oxygen atoms in total. The molecule has 0 bridgehead atoms. The molecule has 1 saturated heterocycles. The summed E-state index contributed by atoms with van der Waals surface area (Å²) in [5, 5.41) is 24.4. The van der Waals surface area contributed by atoms with Crippen molar-refractivity contribution >= 4 is 17.5 Å². The molecule has 2 aliphatic heterocycles. The highest BCUT2D eigenvalue weighted by Crippen LogP contribution is 2.49. The van der Waals surface area contributed by atoms with Crippen LogP contribution in [0.15, 0.2) is 24.5 Å². The number of hydrogen-bond donors (Lipinski definition) is 2. The first-order chi connectivity index (χ1) is 17.7. The zero-order valence-electron chi connectivity index (χ0n) is 20.4. The first-order valence-electron chi connectivity index (χ1n) is 12.4. The third-order valence-corrected chi connectivity index (χ3v) is 8.07. The Morgan fingerprint density at radius 1 is 1.30 bits per heavy atom. The Kier molecular flexibility index (Phi) is 6.69. The summed E-state index contributed by atoms with van der Waals surface area (Å²) in [5.41, 5.74) is -4.61. The fraction of sp³-hybridized carbons (Fsp3) is 0.538. The molecular weight excluding hydrogens is 504 g/mol. The molecule has 2 N–H and O–H groups in total. The van der Waals surface area contributed by atoms with Crippen molar-refractivity contribution < 1.29 is 23.4 Å². The van der Waals surface area contributed by atoms with E-state index in [9.17, 15) is 15.2 Å². The minimum absolute atomic E-state index is 0.00284. The van der Waals surface area contributed by atoms with Gasteiger partial charge in [-0.25, -0.2) is 18.7 Å². The molecule has 1 unspecified atom stereocenters. The molecular formula is C26H28ClF2N5O3. The van der Waals surface area contributed by atoms with Crippen molar-refractivity contribution in [3.63, 3.8) is 0 Å². The Hall–Kier alpha value is -2.71. The Bertz CT molecular complexity index is 1240. The van der Waals surface area contributed by atoms with E-state index < -0.39 is 34.6 Å². The number of nitriles is 1. The molecule has 2 atom stereocenters. The second-order valence-corrected chi connectivity index (χ2v) is 10.6. The lowest BCUT2D eigenvalue weighted by Gasteiger charge is -2.44. The van der Waals surface area contributed by atoms with Crippen LogP contribution in [-0.2, 0) is 16.9 Å². The van der Waals surface area contributed by atoms with E-state index in [1.54, 1.807) is 6.92 Å². The summed E-state index contributed by atoms with van der Waals surface area (Å²) in [6.07, 6.45) is 3.10. The number of fused-ring (bicyclic) bond motifs is 1. The monoisotopic (exact) mass is 531 g/mol. The Balaban J connectivity index is 1.54. The quantitative estimate of drug-likeness (QED) is 0.531. The molecule has 1 saturated carbocycles. The maximum absolute atomic E-state index is 16.1. The van der Waals surface area contributed by atoms with E-state index in [1.807, 2.05) is 0 Å². The van der Waals surface area contributed by atoms with Crippen LogP contribution in [0.2, 0.25) is 5.02 Å². The zero-order chi connectivity index (χ0) is 26.4. The summed E-state index contributed by atoms with van der Waals surface area (Å²) in [4.78, 5) is 23.2. The van der Waals surface area contributed by atoms with Crippen LogP contribution in [0.3, 0.4) is 0 Å². The lowest BCUT2D eigenvalue weighted by Crippen LogP contribution is -2.53. The van der Waals surface area contributed by atoms with E-state index in [0.29, 0.717) is 31.0 Å². The smallest absolute Gasteiger partial charge is 0.257 e. The number of carbonyl (C=O) groups excluding carboxylic acids is 1. The normalized spacial score (nSPS) is 23.3. The Morgan fingerprint density at radius 3 is 2.57 bits per heavy atom. The van der Waals surface area contributed by atoms with E-state index in [0.717, 1.165) is 6.07 Å². The highest BCUT2D eigenvalue weighted by molar-refractivity contribution is 6.30. The third-order valence-electron chi connectivity index (χ3n) is 7.87. The lowest BCUT2D eigenvalue weighted by molar-refractivity contribution is -0.127. The van der Waals surface area contributed by atoms with Gasteiger partial charge in [0, 0.05) is 18.0 Å². The van der Waals surface area contributed by atoms with Gasteiger partial charge in [0.15, 0.2) is 6.23 Å². The predicted octanol–water partition coefficient (Wildman–Crippen LogP) is 3.93. The standard InChI is InChI=1S/C26H28ClF2N5O3/c1-2-26(36,25(29)5-7-31-8-6-25)16-9-18-21(19(28)10-16)23(37-15-24(14-30)3-4-24)34(22(18)35)13-20-32-11-17(27)12-33-20/h9-12,23,31,36H,2-8,13,15H2,1H3/t23-,26?/m1/s1. The van der Waals surface area contributed by atoms with Crippen molar-refractivity contribution in [3.05, 3.63) is 57.9 Å². The number of rotatable bonds is 8. The van der Waals surface area contributed by atoms with Crippen molar-refractivity contribution in [1.82, 2.24) is 20.2 Å². The molecule has 3 aliphatic rings. The maximum atomic E-state index is 16.1. The number of nitrogens with zero attached hydrogens (tertiary/aromatic N) is 4. The average Bonchev–Trinajstić information content (AvgIpc) is 3.64. The average molecular weight is 532 g/mol. The van der Waals surface area contributed by atoms with Crippen molar-refractivity contribution in [2.75, 3.05) is 19.7 Å². The molecule has 11 heteroatoms. The van der Waals surface area contributed by atoms with Gasteiger partial charge in [-0.3, -0.25) is 4.79 Å². The number of benzene rings is 1. The first-order valence-corrected chi connectivity index (χ1v) is 12.8. The number of halogens is 3. The van der Waals surface area contributed by atoms with Gasteiger partial charge in [0.2, 0.25) is 0 Å². The predicted molar refractivity (Wildman–Crippen MR) is 129 cm³/mol. The minimum Gasteiger partial charge on any atom is -0.382 e. The second-order valence-electron chi connectivity index (χ2n) is 10.2. The molecule has 1 aromatic carbocycles. The molecule has 37 heavy (non-hydrogen) atoms. The van der Waals surface area contributed by atoms with Gasteiger partial charge in [-0.15, -0.1) is 0 Å². The highest BCUT2D eigenvalue weighted by atomic mass is 35.5. The number of piperidine rings is 1. The summed E-state index contributed by atoms with van der Waals surface area (Å²) in [6, 6.07) is 4.72. The van der Waals surface area contributed by atoms with Crippen LogP contribution in [0.1, 0.15) is 72.6 Å². The third kappa shape index (κ3) is 4.48. The molecule has 0 spiro atoms. The topological polar surface area (TPSA) is 111 Å². The van der Waals surface area contributed by atoms with Gasteiger partial charge < -0.3 is 20.1 Å². The molecule has 1 aromatic heterocycles. The first kappa shape index (κ1) is 25.9. The van der Waals surface area contributed by atoms with E-state index in [1.165, 1.54) is 23.4 Å². The van der Waals surface area contributed by atoms with Crippen LogP contribution in [0, 0.1) is 22.6 Å². The number of alkyl halides is 1. The van der Waals surface area contributed by atoms with Crippen molar-refractivity contribution in [2.45, 2.75) is 63.1 Å². The van der Waals surface area contributed by atoms with Crippen LogP contribution in [0.25, 0.3) is 0 Å². The minimum atomic E-state index is -1.98. The molecule has 2 fully saturated rings. The highest BCUT2D eigenvalue weighted by Gasteiger charge is 2.53. The molecule has 3 heterocycles. The molecule has 0 radical (unpaired) electrons. The molecule has 1 aliphatic carbocycles. The number of carbonyl (C=O) groups is 1. The van der Waals surface area contributed by atoms with Gasteiger partial charge in [-0.05, 0) is 62.9 Å². The fourth-order valence-corrected chi connectivity index (χ4v) is 5.39. The van der Waals surface area contributed by atoms with E-state index in [-0.39, 0.29) is 54.9 Å². The Morgan fingerprint density at radius 2 is 1.97 bits per heavy atom. The lowest BCUT2D eigenvalue weighted by atomic mass is 9.71. The Labute approximate surface area is 218 Å². The maximum Gasteiger partial charge on any atom is 0.257 e. The van der Waals surface area contributed by atoms with Crippen molar-refractivity contribution in [3.8, 4) is 6.07 Å². The van der Waals surface area contributed by atoms with Gasteiger partial charge in [0.1, 0.15) is 22.9 Å². The number of aliphatic hydroxyl groups is 1. The number of nitrogens with one attached hydrogen (secondary N) is 1. The number of hydrogen-bond acceptors (Lipinski definition) is 7. The zero-order valence-corrected chi connectivity index (χ0v) is 21.2. The molecule has 5 rings (SSSR count). The molecule has 2 aromatic rings. The van der Waals surface area contributed by atoms with Crippen LogP contribution in [0.4, 0.5) is 8.78 Å². The van der Waals surface area contributed by atoms with Crippen molar-refractivity contribution in [2.24, 2.45) is 5.41 Å². The van der Waals surface area contributed by atoms with Crippen LogP contribution in [0.5, 0.6) is 0 Å². The van der Waals surface area contributed by atoms with E-state index in [4.69, 9.17) is 16.3 Å². The van der Waals surface area contributed by atoms with Gasteiger partial charge in [-0.1, -0.05) is 18.5 Å². The summed E-state index contributed by atoms with van der Waals surface area (Å²) >= 11 is 5.88. The SMILES string of the molecule is CCC(O)(c1cc(F)c2c(c1)C(=O)N(Cc1ncc(Cl)cn1)[C@@H]2OCC1(C#N)CC1)C1(F)CCNCC1. The summed E-state index contributed by atoms with van der Waals surface area (Å²) in [7, 11) is 0. The molecule has 1 amide bonds. The van der Waals surface area contributed by atoms with Gasteiger partial charge in [0.05, 0.1) is 35.2 Å². The summed E-state index contributed by atoms with van der Waals surface area (Å²) < 4.78 is 37.9. The van der Waals surface area contributed by atoms with Gasteiger partial charge in [0.25, 0.3) is 5.91 Å². The number of ether oxygens (including phenoxy) is 1. The van der Waals surface area contributed by atoms with Gasteiger partial charge >= 0.3 is 0 Å². The number of aromatic nitrogens is 2. The van der Waals surface area contributed by atoms with E-state index in [2.05, 4.69) is 21.4 Å². The summed E-state index contributed by atoms with van der Waals surface area (Å²) in [5.74, 6) is -1.07. The number of amides is 1.